The van der Waals surface area contributed by atoms with E-state index in [1.165, 1.54) is 60.5 Å². The Labute approximate surface area is 191 Å². The summed E-state index contributed by atoms with van der Waals surface area (Å²) in [5.41, 5.74) is 9.82. The van der Waals surface area contributed by atoms with Crippen LogP contribution in [-0.2, 0) is 19.3 Å². The van der Waals surface area contributed by atoms with Crippen molar-refractivity contribution in [2.24, 2.45) is 0 Å². The SMILES string of the molecule is CCc1cc(CC)c(-c2ccc3ccccc3c2-c2cccc3ccccc23)c(CC)c1. The predicted molar refractivity (Wildman–Crippen MR) is 140 cm³/mol. The molecule has 0 aliphatic rings. The van der Waals surface area contributed by atoms with Gasteiger partial charge in [0.1, 0.15) is 0 Å². The molecule has 0 aliphatic heterocycles. The van der Waals surface area contributed by atoms with E-state index in [4.69, 9.17) is 0 Å². The van der Waals surface area contributed by atoms with Crippen molar-refractivity contribution in [1.29, 1.82) is 0 Å². The number of aryl methyl sites for hydroxylation is 3. The molecule has 32 heavy (non-hydrogen) atoms. The average molecular weight is 415 g/mol. The number of benzene rings is 5. The van der Waals surface area contributed by atoms with Crippen LogP contribution < -0.4 is 0 Å². The van der Waals surface area contributed by atoms with Gasteiger partial charge in [0.15, 0.2) is 0 Å². The standard InChI is InChI=1S/C32H30/c1-4-22-20-23(5-2)31(24(6-3)21-22)30-19-18-26-13-8-10-16-28(26)32(30)29-17-11-14-25-12-7-9-15-27(25)29/h7-21H,4-6H2,1-3H3. The molecule has 0 atom stereocenters. The lowest BCUT2D eigenvalue weighted by Gasteiger charge is -2.21. The zero-order valence-electron chi connectivity index (χ0n) is 19.3. The van der Waals surface area contributed by atoms with E-state index in [0.29, 0.717) is 0 Å². The third kappa shape index (κ3) is 3.41. The van der Waals surface area contributed by atoms with Crippen molar-refractivity contribution in [2.75, 3.05) is 0 Å². The molecule has 5 aromatic carbocycles. The van der Waals surface area contributed by atoms with Crippen LogP contribution in [-0.4, -0.2) is 0 Å². The van der Waals surface area contributed by atoms with Crippen LogP contribution >= 0.6 is 0 Å². The molecular formula is C32H30. The van der Waals surface area contributed by atoms with E-state index in [2.05, 4.69) is 112 Å². The van der Waals surface area contributed by atoms with E-state index in [-0.39, 0.29) is 0 Å². The van der Waals surface area contributed by atoms with Gasteiger partial charge in [-0.2, -0.15) is 0 Å². The van der Waals surface area contributed by atoms with Gasteiger partial charge in [-0.25, -0.2) is 0 Å². The molecule has 0 fully saturated rings. The lowest BCUT2D eigenvalue weighted by atomic mass is 9.82. The molecule has 158 valence electrons. The van der Waals surface area contributed by atoms with E-state index in [1.54, 1.807) is 0 Å². The number of hydrogen-bond acceptors (Lipinski definition) is 0. The van der Waals surface area contributed by atoms with Crippen molar-refractivity contribution in [3.05, 3.63) is 108 Å². The molecule has 0 amide bonds. The van der Waals surface area contributed by atoms with Gasteiger partial charge in [0.05, 0.1) is 0 Å². The van der Waals surface area contributed by atoms with Crippen molar-refractivity contribution < 1.29 is 0 Å². The maximum atomic E-state index is 2.43. The summed E-state index contributed by atoms with van der Waals surface area (Å²) in [5, 5.41) is 5.22. The van der Waals surface area contributed by atoms with Crippen LogP contribution in [0.3, 0.4) is 0 Å². The fourth-order valence-corrected chi connectivity index (χ4v) is 5.16. The molecule has 0 bridgehead atoms. The first kappa shape index (κ1) is 20.5. The molecule has 0 unspecified atom stereocenters. The minimum absolute atomic E-state index is 1.04. The van der Waals surface area contributed by atoms with Crippen LogP contribution in [0.4, 0.5) is 0 Å². The Hall–Kier alpha value is -3.38. The molecular weight excluding hydrogens is 384 g/mol. The lowest BCUT2D eigenvalue weighted by Crippen LogP contribution is -2.00. The highest BCUT2D eigenvalue weighted by Crippen LogP contribution is 2.43. The van der Waals surface area contributed by atoms with E-state index >= 15 is 0 Å². The lowest BCUT2D eigenvalue weighted by molar-refractivity contribution is 1.05. The topological polar surface area (TPSA) is 0 Å². The highest BCUT2D eigenvalue weighted by Gasteiger charge is 2.18. The summed E-state index contributed by atoms with van der Waals surface area (Å²) in [6.07, 6.45) is 3.16. The first-order chi connectivity index (χ1) is 15.7. The highest BCUT2D eigenvalue weighted by atomic mass is 14.2. The van der Waals surface area contributed by atoms with Gasteiger partial charge >= 0.3 is 0 Å². The van der Waals surface area contributed by atoms with Crippen LogP contribution in [0.25, 0.3) is 43.8 Å². The van der Waals surface area contributed by atoms with Crippen molar-refractivity contribution in [3.8, 4) is 22.3 Å². The van der Waals surface area contributed by atoms with Gasteiger partial charge in [-0.1, -0.05) is 112 Å². The third-order valence-corrected chi connectivity index (χ3v) is 6.79. The molecule has 0 nitrogen and oxygen atoms in total. The van der Waals surface area contributed by atoms with Crippen LogP contribution in [0.15, 0.2) is 91.0 Å². The Kier molecular flexibility index (Phi) is 5.53. The maximum Gasteiger partial charge on any atom is -0.00204 e. The molecule has 0 aromatic heterocycles. The van der Waals surface area contributed by atoms with Crippen molar-refractivity contribution in [1.82, 2.24) is 0 Å². The van der Waals surface area contributed by atoms with Gasteiger partial charge in [-0.05, 0) is 79.8 Å². The zero-order chi connectivity index (χ0) is 22.1. The van der Waals surface area contributed by atoms with Crippen molar-refractivity contribution >= 4 is 21.5 Å². The van der Waals surface area contributed by atoms with Crippen LogP contribution in [0.1, 0.15) is 37.5 Å². The Morgan fingerprint density at radius 1 is 0.469 bits per heavy atom. The molecule has 0 heterocycles. The quantitative estimate of drug-likeness (QED) is 0.269. The van der Waals surface area contributed by atoms with Gasteiger partial charge in [0, 0.05) is 0 Å². The highest BCUT2D eigenvalue weighted by molar-refractivity contribution is 6.11. The van der Waals surface area contributed by atoms with Gasteiger partial charge in [0.25, 0.3) is 0 Å². The second-order valence-corrected chi connectivity index (χ2v) is 8.59. The Balaban J connectivity index is 1.94. The molecule has 5 aromatic rings. The minimum Gasteiger partial charge on any atom is -0.0616 e. The normalized spacial score (nSPS) is 11.3. The molecule has 0 saturated heterocycles. The predicted octanol–water partition coefficient (Wildman–Crippen LogP) is 9.01. The Bertz CT molecular complexity index is 1390. The first-order valence-corrected chi connectivity index (χ1v) is 11.9. The summed E-state index contributed by atoms with van der Waals surface area (Å²) >= 11 is 0. The van der Waals surface area contributed by atoms with Crippen LogP contribution in [0.5, 0.6) is 0 Å². The van der Waals surface area contributed by atoms with E-state index in [9.17, 15) is 0 Å². The van der Waals surface area contributed by atoms with E-state index < -0.39 is 0 Å². The van der Waals surface area contributed by atoms with Crippen molar-refractivity contribution in [2.45, 2.75) is 40.0 Å². The average Bonchev–Trinajstić information content (AvgIpc) is 2.86. The van der Waals surface area contributed by atoms with Gasteiger partial charge in [0.2, 0.25) is 0 Å². The summed E-state index contributed by atoms with van der Waals surface area (Å²) in [7, 11) is 0. The molecule has 0 spiro atoms. The number of hydrogen-bond donors (Lipinski definition) is 0. The second-order valence-electron chi connectivity index (χ2n) is 8.59. The van der Waals surface area contributed by atoms with Crippen LogP contribution in [0, 0.1) is 0 Å². The summed E-state index contributed by atoms with van der Waals surface area (Å²) in [6.45, 7) is 6.83. The van der Waals surface area contributed by atoms with Crippen LogP contribution in [0.2, 0.25) is 0 Å². The monoisotopic (exact) mass is 414 g/mol. The molecule has 0 N–H and O–H groups in total. The first-order valence-electron chi connectivity index (χ1n) is 11.9. The smallest absolute Gasteiger partial charge is 0.00204 e. The summed E-state index contributed by atoms with van der Waals surface area (Å²) in [5.74, 6) is 0. The zero-order valence-corrected chi connectivity index (χ0v) is 19.3. The van der Waals surface area contributed by atoms with Gasteiger partial charge in [-0.15, -0.1) is 0 Å². The van der Waals surface area contributed by atoms with Gasteiger partial charge in [-0.3, -0.25) is 0 Å². The maximum absolute atomic E-state index is 2.43. The fraction of sp³-hybridized carbons (Fsp3) is 0.188. The third-order valence-electron chi connectivity index (χ3n) is 6.79. The fourth-order valence-electron chi connectivity index (χ4n) is 5.16. The van der Waals surface area contributed by atoms with E-state index in [1.807, 2.05) is 0 Å². The van der Waals surface area contributed by atoms with Gasteiger partial charge < -0.3 is 0 Å². The minimum atomic E-state index is 1.04. The number of rotatable bonds is 5. The molecule has 0 saturated carbocycles. The van der Waals surface area contributed by atoms with E-state index in [0.717, 1.165) is 19.3 Å². The molecule has 5 rings (SSSR count). The largest absolute Gasteiger partial charge is 0.0616 e. The Morgan fingerprint density at radius 2 is 1.06 bits per heavy atom. The summed E-state index contributed by atoms with van der Waals surface area (Å²) in [6, 6.07) is 33.8. The molecule has 0 heteroatoms. The van der Waals surface area contributed by atoms with Crippen molar-refractivity contribution in [3.63, 3.8) is 0 Å². The number of fused-ring (bicyclic) bond motifs is 2. The molecule has 0 radical (unpaired) electrons. The molecule has 0 aliphatic carbocycles. The second kappa shape index (κ2) is 8.63. The summed E-state index contributed by atoms with van der Waals surface area (Å²) < 4.78 is 0. The Morgan fingerprint density at radius 3 is 1.72 bits per heavy atom. The summed E-state index contributed by atoms with van der Waals surface area (Å²) in [4.78, 5) is 0.